The van der Waals surface area contributed by atoms with E-state index >= 15 is 0 Å². The van der Waals surface area contributed by atoms with Crippen molar-refractivity contribution in [1.29, 1.82) is 0 Å². The van der Waals surface area contributed by atoms with Crippen molar-refractivity contribution in [2.45, 2.75) is 37.7 Å². The third-order valence-corrected chi connectivity index (χ3v) is 7.71. The van der Waals surface area contributed by atoms with E-state index in [1.165, 1.54) is 0 Å². The van der Waals surface area contributed by atoms with E-state index in [2.05, 4.69) is 6.58 Å². The Bertz CT molecular complexity index is 638. The third kappa shape index (κ3) is 2.23. The average molecular weight is 346 g/mol. The van der Waals surface area contributed by atoms with Gasteiger partial charge in [-0.2, -0.15) is 8.42 Å². The average Bonchev–Trinajstić information content (AvgIpc) is 2.90. The van der Waals surface area contributed by atoms with Gasteiger partial charge in [-0.15, -0.1) is 0 Å². The molecule has 6 nitrogen and oxygen atoms in total. The summed E-state index contributed by atoms with van der Waals surface area (Å²) in [5.74, 6) is -0.809. The molecular weight excluding hydrogens is 328 g/mol. The highest BCUT2D eigenvalue weighted by Gasteiger charge is 2.73. The number of fused-ring (bicyclic) bond motifs is 1. The van der Waals surface area contributed by atoms with Gasteiger partial charge in [-0.1, -0.05) is 32.2 Å². The third-order valence-electron chi connectivity index (χ3n) is 5.16. The molecule has 3 fully saturated rings. The molecule has 0 aromatic rings. The maximum Gasteiger partial charge on any atom is 0.316 e. The molecule has 2 bridgehead atoms. The second-order valence-electron chi connectivity index (χ2n) is 6.55. The fourth-order valence-corrected chi connectivity index (χ4v) is 6.65. The highest BCUT2D eigenvalue weighted by atomic mass is 32.2. The molecule has 0 amide bonds. The van der Waals surface area contributed by atoms with Crippen molar-refractivity contribution in [3.05, 3.63) is 12.7 Å². The summed E-state index contributed by atoms with van der Waals surface area (Å²) in [6, 6.07) is 0. The van der Waals surface area contributed by atoms with Crippen LogP contribution in [0.15, 0.2) is 12.7 Å². The van der Waals surface area contributed by atoms with Crippen molar-refractivity contribution in [1.82, 2.24) is 0 Å². The zero-order chi connectivity index (χ0) is 16.3. The Morgan fingerprint density at radius 1 is 1.45 bits per heavy atom. The maximum atomic E-state index is 12.0. The summed E-state index contributed by atoms with van der Waals surface area (Å²) in [4.78, 5) is 23.0. The number of hydrogen-bond donors (Lipinski definition) is 0. The quantitative estimate of drug-likeness (QED) is 0.428. The topological polar surface area (TPSA) is 86.7 Å². The van der Waals surface area contributed by atoms with Crippen molar-refractivity contribution in [3.63, 3.8) is 0 Å². The van der Waals surface area contributed by atoms with Crippen molar-refractivity contribution in [2.75, 3.05) is 5.75 Å². The van der Waals surface area contributed by atoms with Gasteiger partial charge in [-0.3, -0.25) is 13.8 Å². The molecule has 2 aliphatic carbocycles. The Balaban J connectivity index is 1.73. The first-order chi connectivity index (χ1) is 10.2. The van der Waals surface area contributed by atoms with E-state index in [4.69, 9.17) is 8.92 Å². The lowest BCUT2D eigenvalue weighted by molar-refractivity contribution is -0.153. The molecule has 2 saturated carbocycles. The summed E-state index contributed by atoms with van der Waals surface area (Å²) in [5, 5.41) is -0.783. The predicted molar refractivity (Wildman–Crippen MR) is 80.5 cm³/mol. The van der Waals surface area contributed by atoms with Gasteiger partial charge in [-0.05, 0) is 17.9 Å². The van der Waals surface area contributed by atoms with E-state index in [0.717, 1.165) is 17.8 Å². The van der Waals surface area contributed by atoms with Gasteiger partial charge >= 0.3 is 5.97 Å². The molecule has 5 atom stereocenters. The molecule has 1 saturated heterocycles. The number of esters is 1. The van der Waals surface area contributed by atoms with Crippen LogP contribution < -0.4 is 0 Å². The first-order valence-electron chi connectivity index (χ1n) is 7.09. The van der Waals surface area contributed by atoms with Crippen LogP contribution in [-0.4, -0.2) is 42.7 Å². The van der Waals surface area contributed by atoms with Gasteiger partial charge in [0, 0.05) is 11.8 Å². The molecule has 3 aliphatic rings. The Morgan fingerprint density at radius 3 is 2.77 bits per heavy atom. The van der Waals surface area contributed by atoms with Crippen molar-refractivity contribution < 1.29 is 26.9 Å². The lowest BCUT2D eigenvalue weighted by Crippen LogP contribution is -2.37. The lowest BCUT2D eigenvalue weighted by Gasteiger charge is -2.26. The van der Waals surface area contributed by atoms with Gasteiger partial charge in [0.25, 0.3) is 10.1 Å². The van der Waals surface area contributed by atoms with Crippen LogP contribution in [0.1, 0.15) is 20.3 Å². The van der Waals surface area contributed by atoms with Crippen LogP contribution >= 0.6 is 11.8 Å². The first kappa shape index (κ1) is 16.0. The van der Waals surface area contributed by atoms with Crippen LogP contribution in [0, 0.1) is 17.3 Å². The van der Waals surface area contributed by atoms with E-state index in [1.807, 2.05) is 13.8 Å². The standard InChI is InChI=1S/C14H18O6S2/c1-4-10(16)21-6-9(15)19-12-7-5-8-11(14(7,2)3)13(12)20-22(8,17)18/h4,7-8,11-13H,1,5-6H2,2-3H3. The molecule has 0 aromatic carbocycles. The van der Waals surface area contributed by atoms with E-state index in [9.17, 15) is 18.0 Å². The fraction of sp³-hybridized carbons (Fsp3) is 0.714. The number of carbonyl (C=O) groups excluding carboxylic acids is 2. The molecular formula is C14H18O6S2. The van der Waals surface area contributed by atoms with Gasteiger partial charge in [0.15, 0.2) is 0 Å². The van der Waals surface area contributed by atoms with Gasteiger partial charge in [0.05, 0.1) is 11.0 Å². The Labute approximate surface area is 133 Å². The molecule has 0 radical (unpaired) electrons. The summed E-state index contributed by atoms with van der Waals surface area (Å²) in [6.45, 7) is 7.34. The zero-order valence-electron chi connectivity index (χ0n) is 12.4. The van der Waals surface area contributed by atoms with Gasteiger partial charge in [-0.25, -0.2) is 0 Å². The zero-order valence-corrected chi connectivity index (χ0v) is 14.0. The van der Waals surface area contributed by atoms with Crippen molar-refractivity contribution in [2.24, 2.45) is 17.3 Å². The van der Waals surface area contributed by atoms with Crippen LogP contribution in [0.3, 0.4) is 0 Å². The van der Waals surface area contributed by atoms with E-state index in [0.29, 0.717) is 6.42 Å². The fourth-order valence-electron chi connectivity index (χ4n) is 4.21. The van der Waals surface area contributed by atoms with Gasteiger partial charge in [0.1, 0.15) is 12.2 Å². The maximum absolute atomic E-state index is 12.0. The Kier molecular flexibility index (Phi) is 3.69. The SMILES string of the molecule is C=CC(=O)SCC(=O)OC1C2OS(=O)(=O)C3CC1C(C)(C)C23. The van der Waals surface area contributed by atoms with E-state index < -0.39 is 33.5 Å². The molecule has 122 valence electrons. The van der Waals surface area contributed by atoms with E-state index in [-0.39, 0.29) is 28.1 Å². The van der Waals surface area contributed by atoms with Gasteiger partial charge < -0.3 is 4.74 Å². The summed E-state index contributed by atoms with van der Waals surface area (Å²) < 4.78 is 34.8. The van der Waals surface area contributed by atoms with Crippen LogP contribution in [0.5, 0.6) is 0 Å². The molecule has 0 aromatic heterocycles. The molecule has 3 rings (SSSR count). The van der Waals surface area contributed by atoms with Crippen LogP contribution in [0.2, 0.25) is 0 Å². The first-order valence-corrected chi connectivity index (χ1v) is 9.55. The lowest BCUT2D eigenvalue weighted by atomic mass is 9.81. The summed E-state index contributed by atoms with van der Waals surface area (Å²) >= 11 is 0.816. The number of carbonyl (C=O) groups is 2. The second-order valence-corrected chi connectivity index (χ2v) is 9.31. The second kappa shape index (κ2) is 5.07. The summed E-state index contributed by atoms with van der Waals surface area (Å²) in [6.07, 6.45) is 0.455. The summed E-state index contributed by atoms with van der Waals surface area (Å²) in [5.41, 5.74) is -0.242. The number of ether oxygens (including phenoxy) is 1. The molecule has 0 spiro atoms. The minimum atomic E-state index is -3.56. The van der Waals surface area contributed by atoms with E-state index in [1.54, 1.807) is 0 Å². The van der Waals surface area contributed by atoms with Crippen molar-refractivity contribution in [3.8, 4) is 0 Å². The molecule has 0 N–H and O–H groups in total. The Morgan fingerprint density at radius 2 is 2.14 bits per heavy atom. The number of thioether (sulfide) groups is 1. The largest absolute Gasteiger partial charge is 0.459 e. The van der Waals surface area contributed by atoms with Crippen LogP contribution in [0.25, 0.3) is 0 Å². The van der Waals surface area contributed by atoms with Crippen LogP contribution in [-0.2, 0) is 28.6 Å². The molecule has 1 aliphatic heterocycles. The predicted octanol–water partition coefficient (Wildman–Crippen LogP) is 1.12. The van der Waals surface area contributed by atoms with Crippen LogP contribution in [0.4, 0.5) is 0 Å². The minimum Gasteiger partial charge on any atom is -0.459 e. The highest BCUT2D eigenvalue weighted by molar-refractivity contribution is 8.14. The van der Waals surface area contributed by atoms with Crippen molar-refractivity contribution >= 4 is 33.0 Å². The molecule has 1 heterocycles. The normalized spacial score (nSPS) is 39.6. The molecule has 22 heavy (non-hydrogen) atoms. The number of rotatable bonds is 4. The van der Waals surface area contributed by atoms with Gasteiger partial charge in [0.2, 0.25) is 5.12 Å². The number of hydrogen-bond acceptors (Lipinski definition) is 7. The minimum absolute atomic E-state index is 0.0335. The highest BCUT2D eigenvalue weighted by Crippen LogP contribution is 2.64. The molecule has 5 unspecified atom stereocenters. The summed E-state index contributed by atoms with van der Waals surface area (Å²) in [7, 11) is -3.56. The monoisotopic (exact) mass is 346 g/mol. The Hall–Kier alpha value is -0.860. The smallest absolute Gasteiger partial charge is 0.316 e. The molecule has 8 heteroatoms.